The first-order valence-corrected chi connectivity index (χ1v) is 9.53. The molecular weight excluding hydrogens is 324 g/mol. The Balaban J connectivity index is 2.07. The van der Waals surface area contributed by atoms with Gasteiger partial charge in [0.15, 0.2) is 0 Å². The lowest BCUT2D eigenvalue weighted by atomic mass is 10.1. The van der Waals surface area contributed by atoms with Crippen LogP contribution in [0.1, 0.15) is 50.6 Å². The van der Waals surface area contributed by atoms with Gasteiger partial charge in [0.1, 0.15) is 11.6 Å². The van der Waals surface area contributed by atoms with Crippen molar-refractivity contribution >= 4 is 12.0 Å². The molecule has 2 rings (SSSR count). The number of aromatic nitrogens is 1. The van der Waals surface area contributed by atoms with E-state index in [-0.39, 0.29) is 17.5 Å². The Bertz CT molecular complexity index is 719. The van der Waals surface area contributed by atoms with E-state index in [1.165, 1.54) is 12.8 Å². The van der Waals surface area contributed by atoms with Gasteiger partial charge in [0.05, 0.1) is 0 Å². The number of rotatable bonds is 8. The van der Waals surface area contributed by atoms with Crippen molar-refractivity contribution in [3.05, 3.63) is 28.6 Å². The van der Waals surface area contributed by atoms with E-state index < -0.39 is 0 Å². The summed E-state index contributed by atoms with van der Waals surface area (Å²) in [5.74, 6) is 0.248. The molecule has 1 aromatic rings. The molecule has 1 aliphatic carbocycles. The number of amides is 1. The lowest BCUT2D eigenvalue weighted by Gasteiger charge is -2.24. The Labute approximate surface area is 157 Å². The third kappa shape index (κ3) is 4.98. The smallest absolute Gasteiger partial charge is 0.262 e. The van der Waals surface area contributed by atoms with E-state index in [1.807, 2.05) is 13.0 Å². The SMILES string of the molecule is Cc1cc(/C=C(/C#N)C(=O)NCC(C)N(C)C2CC2)c(C)n1CC(C)C. The zero-order chi connectivity index (χ0) is 19.4. The number of carbonyl (C=O) groups excluding carboxylic acids is 1. The number of carbonyl (C=O) groups is 1. The molecule has 1 unspecified atom stereocenters. The topological polar surface area (TPSA) is 61.1 Å². The number of nitrogens with one attached hydrogen (secondary N) is 1. The van der Waals surface area contributed by atoms with Gasteiger partial charge >= 0.3 is 0 Å². The summed E-state index contributed by atoms with van der Waals surface area (Å²) in [6.07, 6.45) is 4.19. The van der Waals surface area contributed by atoms with E-state index in [2.05, 4.69) is 55.6 Å². The van der Waals surface area contributed by atoms with Crippen LogP contribution in [0.15, 0.2) is 11.6 Å². The quantitative estimate of drug-likeness (QED) is 0.574. The standard InChI is InChI=1S/C21H32N4O/c1-14(2)13-25-15(3)9-18(17(25)5)10-19(11-22)21(26)23-12-16(4)24(6)20-7-8-20/h9-10,14,16,20H,7-8,12-13H2,1-6H3,(H,23,26)/b19-10-. The highest BCUT2D eigenvalue weighted by atomic mass is 16.1. The number of likely N-dealkylation sites (N-methyl/N-ethyl adjacent to an activating group) is 1. The third-order valence-corrected chi connectivity index (χ3v) is 5.20. The second-order valence-corrected chi connectivity index (χ2v) is 7.96. The molecule has 1 atom stereocenters. The summed E-state index contributed by atoms with van der Waals surface area (Å²) >= 11 is 0. The van der Waals surface area contributed by atoms with Crippen molar-refractivity contribution in [3.8, 4) is 6.07 Å². The maximum Gasteiger partial charge on any atom is 0.262 e. The minimum Gasteiger partial charge on any atom is -0.350 e. The van der Waals surface area contributed by atoms with Crippen molar-refractivity contribution in [1.29, 1.82) is 5.26 Å². The van der Waals surface area contributed by atoms with Crippen molar-refractivity contribution in [2.45, 2.75) is 66.1 Å². The number of hydrogen-bond acceptors (Lipinski definition) is 3. The van der Waals surface area contributed by atoms with Crippen LogP contribution in [-0.2, 0) is 11.3 Å². The van der Waals surface area contributed by atoms with Crippen LogP contribution < -0.4 is 5.32 Å². The van der Waals surface area contributed by atoms with Crippen LogP contribution in [0.25, 0.3) is 6.08 Å². The summed E-state index contributed by atoms with van der Waals surface area (Å²) in [7, 11) is 2.10. The van der Waals surface area contributed by atoms with Crippen LogP contribution in [0.5, 0.6) is 0 Å². The molecule has 0 radical (unpaired) electrons. The molecule has 1 N–H and O–H groups in total. The Morgan fingerprint density at radius 2 is 2.08 bits per heavy atom. The summed E-state index contributed by atoms with van der Waals surface area (Å²) in [6.45, 7) is 12.1. The van der Waals surface area contributed by atoms with Crippen molar-refractivity contribution in [2.75, 3.05) is 13.6 Å². The molecule has 0 spiro atoms. The van der Waals surface area contributed by atoms with Crippen molar-refractivity contribution < 1.29 is 4.79 Å². The number of nitriles is 1. The fraction of sp³-hybridized carbons (Fsp3) is 0.619. The summed E-state index contributed by atoms with van der Waals surface area (Å²) in [5.41, 5.74) is 3.35. The van der Waals surface area contributed by atoms with Gasteiger partial charge in [-0.2, -0.15) is 5.26 Å². The summed E-state index contributed by atoms with van der Waals surface area (Å²) in [5, 5.41) is 12.4. The second-order valence-electron chi connectivity index (χ2n) is 7.96. The maximum absolute atomic E-state index is 12.4. The number of hydrogen-bond donors (Lipinski definition) is 1. The van der Waals surface area contributed by atoms with Gasteiger partial charge < -0.3 is 9.88 Å². The molecule has 1 amide bonds. The zero-order valence-electron chi connectivity index (χ0n) is 17.0. The maximum atomic E-state index is 12.4. The van der Waals surface area contributed by atoms with E-state index in [0.29, 0.717) is 18.5 Å². The molecule has 1 saturated carbocycles. The first kappa shape index (κ1) is 20.3. The van der Waals surface area contributed by atoms with Gasteiger partial charge in [-0.15, -0.1) is 0 Å². The fourth-order valence-electron chi connectivity index (χ4n) is 3.25. The number of aryl methyl sites for hydroxylation is 1. The minimum atomic E-state index is -0.294. The van der Waals surface area contributed by atoms with Crippen LogP contribution in [0.4, 0.5) is 0 Å². The molecule has 0 saturated heterocycles. The molecule has 1 aromatic heterocycles. The van der Waals surface area contributed by atoms with Crippen LogP contribution >= 0.6 is 0 Å². The predicted molar refractivity (Wildman–Crippen MR) is 106 cm³/mol. The van der Waals surface area contributed by atoms with E-state index in [9.17, 15) is 10.1 Å². The third-order valence-electron chi connectivity index (χ3n) is 5.20. The average Bonchev–Trinajstić information content (AvgIpc) is 3.40. The summed E-state index contributed by atoms with van der Waals surface area (Å²) in [4.78, 5) is 14.7. The lowest BCUT2D eigenvalue weighted by Crippen LogP contribution is -2.41. The lowest BCUT2D eigenvalue weighted by molar-refractivity contribution is -0.117. The monoisotopic (exact) mass is 356 g/mol. The summed E-state index contributed by atoms with van der Waals surface area (Å²) < 4.78 is 2.25. The van der Waals surface area contributed by atoms with Crippen molar-refractivity contribution in [2.24, 2.45) is 5.92 Å². The van der Waals surface area contributed by atoms with Crippen molar-refractivity contribution in [3.63, 3.8) is 0 Å². The molecule has 0 aromatic carbocycles. The highest BCUT2D eigenvalue weighted by Crippen LogP contribution is 2.26. The molecule has 1 heterocycles. The Hall–Kier alpha value is -2.06. The fourth-order valence-corrected chi connectivity index (χ4v) is 3.25. The zero-order valence-corrected chi connectivity index (χ0v) is 17.0. The van der Waals surface area contributed by atoms with Gasteiger partial charge in [0.2, 0.25) is 0 Å². The van der Waals surface area contributed by atoms with E-state index >= 15 is 0 Å². The number of nitrogens with zero attached hydrogens (tertiary/aromatic N) is 3. The molecule has 5 heteroatoms. The molecule has 26 heavy (non-hydrogen) atoms. The van der Waals surface area contributed by atoms with Gasteiger partial charge in [0.25, 0.3) is 5.91 Å². The molecule has 142 valence electrons. The van der Waals surface area contributed by atoms with Crippen LogP contribution in [0.2, 0.25) is 0 Å². The van der Waals surface area contributed by atoms with Gasteiger partial charge in [-0.1, -0.05) is 13.8 Å². The first-order chi connectivity index (χ1) is 12.2. The average molecular weight is 357 g/mol. The molecule has 0 bridgehead atoms. The van der Waals surface area contributed by atoms with Gasteiger partial charge in [-0.25, -0.2) is 0 Å². The first-order valence-electron chi connectivity index (χ1n) is 9.53. The molecule has 1 aliphatic rings. The van der Waals surface area contributed by atoms with Gasteiger partial charge in [0, 0.05) is 36.6 Å². The normalized spacial score (nSPS) is 16.0. The highest BCUT2D eigenvalue weighted by Gasteiger charge is 2.29. The Morgan fingerprint density at radius 1 is 1.42 bits per heavy atom. The minimum absolute atomic E-state index is 0.163. The van der Waals surface area contributed by atoms with Crippen LogP contribution in [0, 0.1) is 31.1 Å². The molecule has 1 fully saturated rings. The van der Waals surface area contributed by atoms with Gasteiger partial charge in [-0.05, 0) is 64.3 Å². The molecular formula is C21H32N4O. The molecule has 5 nitrogen and oxygen atoms in total. The largest absolute Gasteiger partial charge is 0.350 e. The second kappa shape index (κ2) is 8.55. The van der Waals surface area contributed by atoms with Crippen LogP contribution in [0.3, 0.4) is 0 Å². The molecule has 0 aliphatic heterocycles. The Morgan fingerprint density at radius 3 is 2.62 bits per heavy atom. The van der Waals surface area contributed by atoms with E-state index in [1.54, 1.807) is 6.08 Å². The van der Waals surface area contributed by atoms with E-state index in [0.717, 1.165) is 23.5 Å². The Kier molecular flexibility index (Phi) is 6.66. The van der Waals surface area contributed by atoms with Crippen molar-refractivity contribution in [1.82, 2.24) is 14.8 Å². The summed E-state index contributed by atoms with van der Waals surface area (Å²) in [6, 6.07) is 5.03. The van der Waals surface area contributed by atoms with E-state index in [4.69, 9.17) is 0 Å². The van der Waals surface area contributed by atoms with Gasteiger partial charge in [-0.3, -0.25) is 9.69 Å². The van der Waals surface area contributed by atoms with Crippen LogP contribution in [-0.4, -0.2) is 41.1 Å². The predicted octanol–water partition coefficient (Wildman–Crippen LogP) is 3.27. The highest BCUT2D eigenvalue weighted by molar-refractivity contribution is 6.01.